The van der Waals surface area contributed by atoms with Gasteiger partial charge in [-0.1, -0.05) is 20.8 Å². The Bertz CT molecular complexity index is 201. The zero-order valence-corrected chi connectivity index (χ0v) is 8.85. The molecular formula is C11H21N. The van der Waals surface area contributed by atoms with Gasteiger partial charge in [0.1, 0.15) is 0 Å². The number of rotatable bonds is 0. The van der Waals surface area contributed by atoms with Crippen molar-refractivity contribution in [2.75, 3.05) is 20.1 Å². The molecule has 1 nitrogen and oxygen atoms in total. The van der Waals surface area contributed by atoms with Gasteiger partial charge in [0.15, 0.2) is 0 Å². The van der Waals surface area contributed by atoms with Crippen LogP contribution in [-0.4, -0.2) is 25.0 Å². The molecule has 1 aliphatic heterocycles. The van der Waals surface area contributed by atoms with Crippen molar-refractivity contribution in [1.82, 2.24) is 4.90 Å². The molecule has 0 spiro atoms. The van der Waals surface area contributed by atoms with Gasteiger partial charge >= 0.3 is 0 Å². The second kappa shape index (κ2) is 2.25. The van der Waals surface area contributed by atoms with E-state index in [0.29, 0.717) is 10.8 Å². The van der Waals surface area contributed by atoms with Crippen LogP contribution in [-0.2, 0) is 0 Å². The predicted octanol–water partition coefficient (Wildman–Crippen LogP) is 2.37. The van der Waals surface area contributed by atoms with Gasteiger partial charge in [0.05, 0.1) is 0 Å². The standard InChI is InChI=1S/C11H21N/c1-9-5-6-10(2)7-12(4)8-11(9,10)3/h9H,5-8H2,1-4H3. The molecule has 0 radical (unpaired) electrons. The van der Waals surface area contributed by atoms with Crippen LogP contribution in [0.2, 0.25) is 0 Å². The molecule has 0 amide bonds. The van der Waals surface area contributed by atoms with Crippen LogP contribution in [0.5, 0.6) is 0 Å². The monoisotopic (exact) mass is 167 g/mol. The highest BCUT2D eigenvalue weighted by Crippen LogP contribution is 2.59. The Morgan fingerprint density at radius 1 is 1.25 bits per heavy atom. The molecule has 0 bridgehead atoms. The summed E-state index contributed by atoms with van der Waals surface area (Å²) in [6.07, 6.45) is 2.88. The van der Waals surface area contributed by atoms with Crippen molar-refractivity contribution in [3.8, 4) is 0 Å². The Morgan fingerprint density at radius 3 is 2.50 bits per heavy atom. The minimum absolute atomic E-state index is 0.599. The predicted molar refractivity (Wildman–Crippen MR) is 52.1 cm³/mol. The number of nitrogens with zero attached hydrogens (tertiary/aromatic N) is 1. The van der Waals surface area contributed by atoms with Crippen molar-refractivity contribution in [2.24, 2.45) is 16.7 Å². The summed E-state index contributed by atoms with van der Waals surface area (Å²) in [5.41, 5.74) is 1.21. The first-order valence-corrected chi connectivity index (χ1v) is 5.16. The molecule has 1 saturated heterocycles. The zero-order valence-electron chi connectivity index (χ0n) is 8.85. The summed E-state index contributed by atoms with van der Waals surface area (Å²) < 4.78 is 0. The van der Waals surface area contributed by atoms with Crippen LogP contribution in [0.4, 0.5) is 0 Å². The van der Waals surface area contributed by atoms with E-state index in [1.54, 1.807) is 0 Å². The normalized spacial score (nSPS) is 54.5. The molecule has 0 aromatic carbocycles. The maximum atomic E-state index is 2.51. The highest BCUT2D eigenvalue weighted by molar-refractivity contribution is 5.07. The van der Waals surface area contributed by atoms with E-state index in [4.69, 9.17) is 0 Å². The molecule has 2 rings (SSSR count). The van der Waals surface area contributed by atoms with Crippen molar-refractivity contribution < 1.29 is 0 Å². The fourth-order valence-corrected chi connectivity index (χ4v) is 3.55. The van der Waals surface area contributed by atoms with Crippen molar-refractivity contribution in [3.05, 3.63) is 0 Å². The molecule has 2 fully saturated rings. The number of hydrogen-bond donors (Lipinski definition) is 0. The lowest BCUT2D eigenvalue weighted by Gasteiger charge is -2.36. The first-order chi connectivity index (χ1) is 5.48. The summed E-state index contributed by atoms with van der Waals surface area (Å²) in [4.78, 5) is 2.51. The molecule has 3 unspecified atom stereocenters. The summed E-state index contributed by atoms with van der Waals surface area (Å²) in [5, 5.41) is 0. The van der Waals surface area contributed by atoms with Crippen LogP contribution >= 0.6 is 0 Å². The molecule has 0 N–H and O–H groups in total. The van der Waals surface area contributed by atoms with Gasteiger partial charge in [-0.05, 0) is 36.6 Å². The lowest BCUT2D eigenvalue weighted by atomic mass is 9.67. The fraction of sp³-hybridized carbons (Fsp3) is 1.00. The van der Waals surface area contributed by atoms with Crippen LogP contribution < -0.4 is 0 Å². The van der Waals surface area contributed by atoms with Crippen LogP contribution in [0.1, 0.15) is 33.6 Å². The van der Waals surface area contributed by atoms with E-state index >= 15 is 0 Å². The average molecular weight is 167 g/mol. The Hall–Kier alpha value is -0.0400. The Kier molecular flexibility index (Phi) is 1.61. The van der Waals surface area contributed by atoms with Gasteiger partial charge in [-0.3, -0.25) is 0 Å². The lowest BCUT2D eigenvalue weighted by Crippen LogP contribution is -2.34. The van der Waals surface area contributed by atoms with E-state index in [2.05, 4.69) is 32.7 Å². The molecule has 2 aliphatic rings. The van der Waals surface area contributed by atoms with E-state index in [0.717, 1.165) is 5.92 Å². The molecule has 1 heterocycles. The molecule has 0 aromatic rings. The Morgan fingerprint density at radius 2 is 1.92 bits per heavy atom. The fourth-order valence-electron chi connectivity index (χ4n) is 3.55. The van der Waals surface area contributed by atoms with E-state index < -0.39 is 0 Å². The topological polar surface area (TPSA) is 3.24 Å². The summed E-state index contributed by atoms with van der Waals surface area (Å²) in [6.45, 7) is 10.0. The van der Waals surface area contributed by atoms with Gasteiger partial charge in [-0.15, -0.1) is 0 Å². The number of fused-ring (bicyclic) bond motifs is 1. The van der Waals surface area contributed by atoms with E-state index in [9.17, 15) is 0 Å². The summed E-state index contributed by atoms with van der Waals surface area (Å²) in [5.74, 6) is 0.924. The van der Waals surface area contributed by atoms with E-state index in [1.807, 2.05) is 0 Å². The third-order valence-electron chi connectivity index (χ3n) is 4.81. The molecule has 3 atom stereocenters. The molecule has 0 aromatic heterocycles. The summed E-state index contributed by atoms with van der Waals surface area (Å²) in [7, 11) is 2.27. The zero-order chi connectivity index (χ0) is 8.98. The van der Waals surface area contributed by atoms with Gasteiger partial charge in [-0.2, -0.15) is 0 Å². The van der Waals surface area contributed by atoms with E-state index in [1.165, 1.54) is 25.9 Å². The van der Waals surface area contributed by atoms with Gasteiger partial charge in [0.2, 0.25) is 0 Å². The first-order valence-electron chi connectivity index (χ1n) is 5.16. The SMILES string of the molecule is CC1CCC2(C)CN(C)CC12C. The van der Waals surface area contributed by atoms with Crippen molar-refractivity contribution in [3.63, 3.8) is 0 Å². The molecule has 1 aliphatic carbocycles. The van der Waals surface area contributed by atoms with Crippen LogP contribution in [0, 0.1) is 16.7 Å². The molecule has 1 saturated carbocycles. The van der Waals surface area contributed by atoms with Crippen molar-refractivity contribution in [1.29, 1.82) is 0 Å². The second-order valence-electron chi connectivity index (χ2n) is 5.59. The Balaban J connectivity index is 2.32. The van der Waals surface area contributed by atoms with Crippen LogP contribution in [0.15, 0.2) is 0 Å². The highest BCUT2D eigenvalue weighted by Gasteiger charge is 2.57. The Labute approximate surface area is 76.1 Å². The molecule has 70 valence electrons. The maximum absolute atomic E-state index is 2.51. The van der Waals surface area contributed by atoms with Crippen LogP contribution in [0.3, 0.4) is 0 Å². The molecule has 12 heavy (non-hydrogen) atoms. The maximum Gasteiger partial charge on any atom is 0.00408 e. The first kappa shape index (κ1) is 8.55. The van der Waals surface area contributed by atoms with E-state index in [-0.39, 0.29) is 0 Å². The second-order valence-corrected chi connectivity index (χ2v) is 5.59. The summed E-state index contributed by atoms with van der Waals surface area (Å²) >= 11 is 0. The molecular weight excluding hydrogens is 146 g/mol. The van der Waals surface area contributed by atoms with Crippen molar-refractivity contribution in [2.45, 2.75) is 33.6 Å². The number of hydrogen-bond acceptors (Lipinski definition) is 1. The van der Waals surface area contributed by atoms with Crippen molar-refractivity contribution >= 4 is 0 Å². The van der Waals surface area contributed by atoms with Crippen LogP contribution in [0.25, 0.3) is 0 Å². The highest BCUT2D eigenvalue weighted by atomic mass is 15.2. The van der Waals surface area contributed by atoms with Gasteiger partial charge in [0, 0.05) is 13.1 Å². The quantitative estimate of drug-likeness (QED) is 0.535. The van der Waals surface area contributed by atoms with Gasteiger partial charge in [0.25, 0.3) is 0 Å². The lowest BCUT2D eigenvalue weighted by molar-refractivity contribution is 0.139. The van der Waals surface area contributed by atoms with Gasteiger partial charge in [-0.25, -0.2) is 0 Å². The summed E-state index contributed by atoms with van der Waals surface area (Å²) in [6, 6.07) is 0. The average Bonchev–Trinajstić information content (AvgIpc) is 2.28. The third-order valence-corrected chi connectivity index (χ3v) is 4.81. The number of likely N-dealkylation sites (tertiary alicyclic amines) is 1. The third kappa shape index (κ3) is 0.834. The largest absolute Gasteiger partial charge is 0.305 e. The minimum Gasteiger partial charge on any atom is -0.305 e. The minimum atomic E-state index is 0.599. The van der Waals surface area contributed by atoms with Gasteiger partial charge < -0.3 is 4.90 Å². The smallest absolute Gasteiger partial charge is 0.00408 e. The molecule has 1 heteroatoms.